The number of nitrogens with one attached hydrogen (secondary N) is 1. The van der Waals surface area contributed by atoms with Gasteiger partial charge in [-0.25, -0.2) is 4.98 Å². The largest absolute Gasteiger partial charge is 0.497 e. The second-order valence-corrected chi connectivity index (χ2v) is 7.74. The molecule has 2 aromatic carbocycles. The zero-order valence-electron chi connectivity index (χ0n) is 15.7. The molecule has 1 amide bonds. The molecule has 0 bridgehead atoms. The fourth-order valence-corrected chi connectivity index (χ4v) is 3.95. The zero-order chi connectivity index (χ0) is 20.4. The van der Waals surface area contributed by atoms with Crippen molar-refractivity contribution in [3.63, 3.8) is 0 Å². The van der Waals surface area contributed by atoms with Gasteiger partial charge in [0.2, 0.25) is 11.0 Å². The molecule has 6 nitrogen and oxygen atoms in total. The molecule has 0 aliphatic heterocycles. The van der Waals surface area contributed by atoms with Crippen LogP contribution in [0.2, 0.25) is 5.02 Å². The molecular formula is C21H17ClN4O2S. The Morgan fingerprint density at radius 2 is 2.10 bits per heavy atom. The first kappa shape index (κ1) is 19.2. The SMILES string of the molecule is COc1ccc2nc(-n3nc(C)cc3NC(=O)/C=C/c3cccc(Cl)c3)sc2c1. The average molecular weight is 425 g/mol. The molecule has 0 saturated heterocycles. The molecule has 146 valence electrons. The van der Waals surface area contributed by atoms with E-state index in [1.165, 1.54) is 17.4 Å². The highest BCUT2D eigenvalue weighted by molar-refractivity contribution is 7.20. The number of aromatic nitrogens is 3. The number of hydrogen-bond donors (Lipinski definition) is 1. The van der Waals surface area contributed by atoms with E-state index in [0.717, 1.165) is 27.2 Å². The Kier molecular flexibility index (Phi) is 5.33. The molecule has 1 N–H and O–H groups in total. The van der Waals surface area contributed by atoms with Crippen LogP contribution in [-0.2, 0) is 4.79 Å². The van der Waals surface area contributed by atoms with Crippen LogP contribution >= 0.6 is 22.9 Å². The number of nitrogens with zero attached hydrogens (tertiary/aromatic N) is 3. The van der Waals surface area contributed by atoms with Crippen LogP contribution in [0, 0.1) is 6.92 Å². The van der Waals surface area contributed by atoms with E-state index in [9.17, 15) is 4.79 Å². The van der Waals surface area contributed by atoms with Crippen molar-refractivity contribution in [3.05, 3.63) is 70.9 Å². The van der Waals surface area contributed by atoms with Crippen molar-refractivity contribution >= 4 is 51.0 Å². The summed E-state index contributed by atoms with van der Waals surface area (Å²) in [6, 6.07) is 14.8. The number of hydrogen-bond acceptors (Lipinski definition) is 5. The molecule has 4 rings (SSSR count). The van der Waals surface area contributed by atoms with Crippen molar-refractivity contribution in [1.29, 1.82) is 0 Å². The van der Waals surface area contributed by atoms with Crippen LogP contribution in [0.5, 0.6) is 5.75 Å². The second kappa shape index (κ2) is 8.06. The third-order valence-corrected chi connectivity index (χ3v) is 5.35. The van der Waals surface area contributed by atoms with E-state index in [1.54, 1.807) is 36.1 Å². The van der Waals surface area contributed by atoms with Gasteiger partial charge in [-0.15, -0.1) is 0 Å². The predicted octanol–water partition coefficient (Wildman–Crippen LogP) is 5.10. The third-order valence-electron chi connectivity index (χ3n) is 4.12. The summed E-state index contributed by atoms with van der Waals surface area (Å²) in [6.07, 6.45) is 3.17. The van der Waals surface area contributed by atoms with Gasteiger partial charge in [0.05, 0.1) is 23.0 Å². The molecule has 0 fully saturated rings. The lowest BCUT2D eigenvalue weighted by molar-refractivity contribution is -0.111. The Morgan fingerprint density at radius 1 is 1.24 bits per heavy atom. The summed E-state index contributed by atoms with van der Waals surface area (Å²) in [5.74, 6) is 1.05. The summed E-state index contributed by atoms with van der Waals surface area (Å²) in [7, 11) is 1.63. The summed E-state index contributed by atoms with van der Waals surface area (Å²) >= 11 is 7.45. The Morgan fingerprint density at radius 3 is 2.90 bits per heavy atom. The zero-order valence-corrected chi connectivity index (χ0v) is 17.3. The van der Waals surface area contributed by atoms with Crippen molar-refractivity contribution in [2.24, 2.45) is 0 Å². The summed E-state index contributed by atoms with van der Waals surface area (Å²) in [5, 5.41) is 8.63. The molecule has 0 aliphatic rings. The summed E-state index contributed by atoms with van der Waals surface area (Å²) in [6.45, 7) is 1.87. The molecule has 4 aromatic rings. The second-order valence-electron chi connectivity index (χ2n) is 6.29. The lowest BCUT2D eigenvalue weighted by Gasteiger charge is -2.04. The molecule has 0 atom stereocenters. The van der Waals surface area contributed by atoms with Gasteiger partial charge < -0.3 is 10.1 Å². The van der Waals surface area contributed by atoms with Crippen molar-refractivity contribution in [2.75, 3.05) is 12.4 Å². The molecule has 0 aliphatic carbocycles. The average Bonchev–Trinajstić information content (AvgIpc) is 3.28. The number of methoxy groups -OCH3 is 1. The number of aryl methyl sites for hydroxylation is 1. The van der Waals surface area contributed by atoms with E-state index >= 15 is 0 Å². The number of carbonyl (C=O) groups is 1. The van der Waals surface area contributed by atoms with E-state index < -0.39 is 0 Å². The summed E-state index contributed by atoms with van der Waals surface area (Å²) < 4.78 is 7.89. The third kappa shape index (κ3) is 4.31. The monoisotopic (exact) mass is 424 g/mol. The van der Waals surface area contributed by atoms with E-state index in [1.807, 2.05) is 37.3 Å². The maximum atomic E-state index is 12.4. The molecule has 2 heterocycles. The first-order valence-corrected chi connectivity index (χ1v) is 9.97. The number of halogens is 1. The minimum atomic E-state index is -0.270. The van der Waals surface area contributed by atoms with E-state index in [2.05, 4.69) is 15.4 Å². The fourth-order valence-electron chi connectivity index (χ4n) is 2.79. The first-order chi connectivity index (χ1) is 14.0. The number of thiazole rings is 1. The topological polar surface area (TPSA) is 69.0 Å². The lowest BCUT2D eigenvalue weighted by Crippen LogP contribution is -2.12. The van der Waals surface area contributed by atoms with Gasteiger partial charge in [0.25, 0.3) is 0 Å². The van der Waals surface area contributed by atoms with Gasteiger partial charge in [0, 0.05) is 17.2 Å². The first-order valence-electron chi connectivity index (χ1n) is 8.78. The number of benzene rings is 2. The van der Waals surface area contributed by atoms with Crippen LogP contribution in [-0.4, -0.2) is 27.8 Å². The summed E-state index contributed by atoms with van der Waals surface area (Å²) in [5.41, 5.74) is 2.46. The van der Waals surface area contributed by atoms with Gasteiger partial charge in [-0.3, -0.25) is 4.79 Å². The number of amides is 1. The number of ether oxygens (including phenoxy) is 1. The maximum Gasteiger partial charge on any atom is 0.249 e. The smallest absolute Gasteiger partial charge is 0.249 e. The number of fused-ring (bicyclic) bond motifs is 1. The van der Waals surface area contributed by atoms with Gasteiger partial charge in [0.15, 0.2) is 0 Å². The molecule has 0 spiro atoms. The van der Waals surface area contributed by atoms with Gasteiger partial charge >= 0.3 is 0 Å². The van der Waals surface area contributed by atoms with Crippen LogP contribution in [0.4, 0.5) is 5.82 Å². The Hall–Kier alpha value is -3.16. The van der Waals surface area contributed by atoms with Crippen LogP contribution in [0.15, 0.2) is 54.6 Å². The Balaban J connectivity index is 1.59. The fraction of sp³-hybridized carbons (Fsp3) is 0.0952. The predicted molar refractivity (Wildman–Crippen MR) is 117 cm³/mol. The van der Waals surface area contributed by atoms with Gasteiger partial charge in [-0.2, -0.15) is 9.78 Å². The summed E-state index contributed by atoms with van der Waals surface area (Å²) in [4.78, 5) is 17.0. The van der Waals surface area contributed by atoms with E-state index in [-0.39, 0.29) is 5.91 Å². The Bertz CT molecular complexity index is 1230. The van der Waals surface area contributed by atoms with Crippen molar-refractivity contribution < 1.29 is 9.53 Å². The highest BCUT2D eigenvalue weighted by atomic mass is 35.5. The lowest BCUT2D eigenvalue weighted by atomic mass is 10.2. The molecule has 0 radical (unpaired) electrons. The van der Waals surface area contributed by atoms with Crippen LogP contribution in [0.3, 0.4) is 0 Å². The van der Waals surface area contributed by atoms with E-state index in [4.69, 9.17) is 16.3 Å². The van der Waals surface area contributed by atoms with Crippen molar-refractivity contribution in [1.82, 2.24) is 14.8 Å². The van der Waals surface area contributed by atoms with Gasteiger partial charge in [-0.05, 0) is 48.9 Å². The standard InChI is InChI=1S/C21H17ClN4O2S/c1-13-10-19(24-20(27)9-6-14-4-3-5-15(22)11-14)26(25-13)21-23-17-8-7-16(28-2)12-18(17)29-21/h3-12H,1-2H3,(H,24,27)/b9-6+. The van der Waals surface area contributed by atoms with Crippen LogP contribution < -0.4 is 10.1 Å². The number of anilines is 1. The highest BCUT2D eigenvalue weighted by Gasteiger charge is 2.14. The molecule has 0 unspecified atom stereocenters. The highest BCUT2D eigenvalue weighted by Crippen LogP contribution is 2.30. The van der Waals surface area contributed by atoms with Gasteiger partial charge in [0.1, 0.15) is 11.6 Å². The minimum Gasteiger partial charge on any atom is -0.497 e. The van der Waals surface area contributed by atoms with Crippen molar-refractivity contribution in [2.45, 2.75) is 6.92 Å². The van der Waals surface area contributed by atoms with Crippen LogP contribution in [0.1, 0.15) is 11.3 Å². The minimum absolute atomic E-state index is 0.270. The molecule has 0 saturated carbocycles. The van der Waals surface area contributed by atoms with Crippen molar-refractivity contribution in [3.8, 4) is 10.9 Å². The molecule has 29 heavy (non-hydrogen) atoms. The van der Waals surface area contributed by atoms with E-state index in [0.29, 0.717) is 16.0 Å². The molecular weight excluding hydrogens is 408 g/mol. The number of rotatable bonds is 5. The normalized spacial score (nSPS) is 11.3. The van der Waals surface area contributed by atoms with Gasteiger partial charge in [-0.1, -0.05) is 35.1 Å². The quantitative estimate of drug-likeness (QED) is 0.452. The maximum absolute atomic E-state index is 12.4. The number of carbonyl (C=O) groups excluding carboxylic acids is 1. The van der Waals surface area contributed by atoms with Crippen LogP contribution in [0.25, 0.3) is 21.4 Å². The molecule has 2 aromatic heterocycles. The Labute approximate surface area is 176 Å². The molecule has 8 heteroatoms.